The Morgan fingerprint density at radius 3 is 2.32 bits per heavy atom. The molecule has 2 aliphatic rings. The molecule has 0 aromatic rings. The van der Waals surface area contributed by atoms with Crippen molar-refractivity contribution >= 4 is 6.47 Å². The van der Waals surface area contributed by atoms with Gasteiger partial charge in [0.05, 0.1) is 13.2 Å². The zero-order valence-electron chi connectivity index (χ0n) is 14.1. The van der Waals surface area contributed by atoms with E-state index in [4.69, 9.17) is 15.9 Å². The van der Waals surface area contributed by atoms with E-state index in [2.05, 4.69) is 20.9 Å². The molecule has 2 fully saturated rings. The maximum atomic E-state index is 9.80. The van der Waals surface area contributed by atoms with E-state index in [1.165, 1.54) is 13.0 Å². The third-order valence-electron chi connectivity index (χ3n) is 3.21. The molecule has 0 aromatic heterocycles. The number of carbonyl (C=O) groups is 1. The number of ether oxygens (including phenoxy) is 3. The first-order valence-electron chi connectivity index (χ1n) is 7.88. The van der Waals surface area contributed by atoms with Gasteiger partial charge in [0.2, 0.25) is 5.60 Å². The van der Waals surface area contributed by atoms with Gasteiger partial charge in [-0.05, 0) is 26.6 Å². The molecule has 2 heterocycles. The minimum atomic E-state index is -0.748. The highest BCUT2D eigenvalue weighted by atomic mass is 16.6. The molecule has 0 aliphatic carbocycles. The minimum absolute atomic E-state index is 0.322. The van der Waals surface area contributed by atoms with Crippen LogP contribution in [0.5, 0.6) is 0 Å². The number of nitrogens with zero attached hydrogens (tertiary/aromatic N) is 1. The zero-order valence-corrected chi connectivity index (χ0v) is 14.1. The second-order valence-electron chi connectivity index (χ2n) is 4.76. The molecule has 1 N–H and O–H groups in total. The van der Waals surface area contributed by atoms with Crippen molar-refractivity contribution in [1.29, 1.82) is 0 Å². The van der Waals surface area contributed by atoms with Gasteiger partial charge in [-0.25, -0.2) is 0 Å². The molecule has 2 rings (SSSR count). The van der Waals surface area contributed by atoms with E-state index in [-0.39, 0.29) is 0 Å². The van der Waals surface area contributed by atoms with Crippen LogP contribution >= 0.6 is 0 Å². The molecule has 0 atom stereocenters. The van der Waals surface area contributed by atoms with E-state index >= 15 is 0 Å². The normalized spacial score (nSPS) is 19.2. The first kappa shape index (κ1) is 20.9. The molecule has 0 aromatic carbocycles. The van der Waals surface area contributed by atoms with Crippen molar-refractivity contribution in [3.63, 3.8) is 0 Å². The van der Waals surface area contributed by atoms with E-state index in [1.807, 2.05) is 20.9 Å². The SMILES string of the molecule is C#CC1(OC=O)COC1.CC.CNCCCN1CCOCC1. The van der Waals surface area contributed by atoms with Crippen molar-refractivity contribution < 1.29 is 19.0 Å². The summed E-state index contributed by atoms with van der Waals surface area (Å²) in [6.45, 7) is 11.4. The zero-order chi connectivity index (χ0) is 16.7. The van der Waals surface area contributed by atoms with Crippen LogP contribution in [0.4, 0.5) is 0 Å². The molecule has 0 radical (unpaired) electrons. The summed E-state index contributed by atoms with van der Waals surface area (Å²) in [5.41, 5.74) is -0.748. The minimum Gasteiger partial charge on any atom is -0.443 e. The van der Waals surface area contributed by atoms with Crippen molar-refractivity contribution in [2.75, 3.05) is 59.7 Å². The lowest BCUT2D eigenvalue weighted by Gasteiger charge is -2.34. The third kappa shape index (κ3) is 8.35. The highest BCUT2D eigenvalue weighted by Gasteiger charge is 2.38. The van der Waals surface area contributed by atoms with Crippen molar-refractivity contribution in [2.45, 2.75) is 25.9 Å². The van der Waals surface area contributed by atoms with Gasteiger partial charge in [0.25, 0.3) is 6.47 Å². The summed E-state index contributed by atoms with van der Waals surface area (Å²) in [5.74, 6) is 2.34. The Bertz CT molecular complexity index is 308. The molecule has 6 heteroatoms. The number of terminal acetylenes is 1. The maximum absolute atomic E-state index is 9.80. The average Bonchev–Trinajstić information content (AvgIpc) is 2.55. The Kier molecular flexibility index (Phi) is 12.8. The van der Waals surface area contributed by atoms with Crippen molar-refractivity contribution in [3.05, 3.63) is 0 Å². The van der Waals surface area contributed by atoms with Gasteiger partial charge in [-0.1, -0.05) is 19.8 Å². The van der Waals surface area contributed by atoms with Crippen LogP contribution in [-0.4, -0.2) is 76.6 Å². The molecule has 0 saturated carbocycles. The van der Waals surface area contributed by atoms with E-state index in [1.54, 1.807) is 0 Å². The van der Waals surface area contributed by atoms with Crippen molar-refractivity contribution in [1.82, 2.24) is 10.2 Å². The number of hydrogen-bond donors (Lipinski definition) is 1. The smallest absolute Gasteiger partial charge is 0.294 e. The maximum Gasteiger partial charge on any atom is 0.294 e. The monoisotopic (exact) mass is 314 g/mol. The fraction of sp³-hybridized carbons (Fsp3) is 0.812. The van der Waals surface area contributed by atoms with E-state index < -0.39 is 5.60 Å². The molecule has 22 heavy (non-hydrogen) atoms. The van der Waals surface area contributed by atoms with Gasteiger partial charge in [-0.3, -0.25) is 9.69 Å². The van der Waals surface area contributed by atoms with Gasteiger partial charge in [0, 0.05) is 13.1 Å². The number of hydrogen-bond acceptors (Lipinski definition) is 6. The van der Waals surface area contributed by atoms with Crippen LogP contribution in [0.3, 0.4) is 0 Å². The largest absolute Gasteiger partial charge is 0.443 e. The molecular weight excluding hydrogens is 284 g/mol. The summed E-state index contributed by atoms with van der Waals surface area (Å²) in [4.78, 5) is 12.3. The van der Waals surface area contributed by atoms with E-state index in [9.17, 15) is 4.79 Å². The molecule has 128 valence electrons. The lowest BCUT2D eigenvalue weighted by atomic mass is 10.0. The number of carbonyl (C=O) groups excluding carboxylic acids is 1. The van der Waals surface area contributed by atoms with Crippen LogP contribution in [0, 0.1) is 12.3 Å². The number of rotatable bonds is 6. The summed E-state index contributed by atoms with van der Waals surface area (Å²) in [6.07, 6.45) is 6.29. The lowest BCUT2D eigenvalue weighted by molar-refractivity contribution is -0.179. The first-order chi connectivity index (χ1) is 10.8. The quantitative estimate of drug-likeness (QED) is 0.438. The summed E-state index contributed by atoms with van der Waals surface area (Å²) in [7, 11) is 2.00. The Hall–Kier alpha value is -1.13. The van der Waals surface area contributed by atoms with Gasteiger partial charge in [0.15, 0.2) is 0 Å². The second-order valence-corrected chi connectivity index (χ2v) is 4.76. The summed E-state index contributed by atoms with van der Waals surface area (Å²) >= 11 is 0. The molecule has 0 spiro atoms. The van der Waals surface area contributed by atoms with Gasteiger partial charge < -0.3 is 19.5 Å². The van der Waals surface area contributed by atoms with Gasteiger partial charge in [-0.2, -0.15) is 0 Å². The van der Waals surface area contributed by atoms with E-state index in [0.29, 0.717) is 19.7 Å². The lowest BCUT2D eigenvalue weighted by Crippen LogP contribution is -2.50. The van der Waals surface area contributed by atoms with Crippen molar-refractivity contribution in [3.8, 4) is 12.3 Å². The molecule has 6 nitrogen and oxygen atoms in total. The second kappa shape index (κ2) is 13.5. The summed E-state index contributed by atoms with van der Waals surface area (Å²) < 4.78 is 14.6. The predicted octanol–water partition coefficient (Wildman–Crippen LogP) is 0.516. The molecular formula is C16H30N2O4. The Morgan fingerprint density at radius 1 is 1.32 bits per heavy atom. The van der Waals surface area contributed by atoms with Gasteiger partial charge in [-0.15, -0.1) is 6.42 Å². The van der Waals surface area contributed by atoms with Crippen LogP contribution < -0.4 is 5.32 Å². The van der Waals surface area contributed by atoms with Gasteiger partial charge in [0.1, 0.15) is 13.2 Å². The first-order valence-corrected chi connectivity index (χ1v) is 7.88. The third-order valence-corrected chi connectivity index (χ3v) is 3.21. The molecule has 0 bridgehead atoms. The standard InChI is InChI=1S/C8H18N2O.C6H6O3.C2H6/c1-9-3-2-4-10-5-7-11-8-6-10;1-2-6(9-5-7)3-8-4-6;1-2/h9H,2-8H2,1H3;1,5H,3-4H2;1-2H3. The fourth-order valence-corrected chi connectivity index (χ4v) is 1.87. The van der Waals surface area contributed by atoms with Crippen LogP contribution in [0.25, 0.3) is 0 Å². The molecule has 2 aliphatic heterocycles. The Labute approximate surface area is 134 Å². The van der Waals surface area contributed by atoms with Crippen LogP contribution in [0.2, 0.25) is 0 Å². The molecule has 0 unspecified atom stereocenters. The van der Waals surface area contributed by atoms with Crippen LogP contribution in [0.15, 0.2) is 0 Å². The topological polar surface area (TPSA) is 60.0 Å². The summed E-state index contributed by atoms with van der Waals surface area (Å²) in [5, 5.41) is 3.15. The van der Waals surface area contributed by atoms with Gasteiger partial charge >= 0.3 is 0 Å². The Morgan fingerprint density at radius 2 is 1.95 bits per heavy atom. The molecule has 2 saturated heterocycles. The highest BCUT2D eigenvalue weighted by Crippen LogP contribution is 2.18. The highest BCUT2D eigenvalue weighted by molar-refractivity contribution is 5.40. The average molecular weight is 314 g/mol. The van der Waals surface area contributed by atoms with Crippen LogP contribution in [-0.2, 0) is 19.0 Å². The van der Waals surface area contributed by atoms with Crippen molar-refractivity contribution in [2.24, 2.45) is 0 Å². The number of morpholine rings is 1. The Balaban J connectivity index is 0.000000366. The fourth-order valence-electron chi connectivity index (χ4n) is 1.87. The summed E-state index contributed by atoms with van der Waals surface area (Å²) in [6, 6.07) is 0. The predicted molar refractivity (Wildman–Crippen MR) is 86.7 cm³/mol. The number of nitrogens with one attached hydrogen (secondary N) is 1. The van der Waals surface area contributed by atoms with E-state index in [0.717, 1.165) is 32.8 Å². The molecule has 0 amide bonds. The van der Waals surface area contributed by atoms with Crippen LogP contribution in [0.1, 0.15) is 20.3 Å².